The predicted octanol–water partition coefficient (Wildman–Crippen LogP) is 3.91. The Bertz CT molecular complexity index is 1380. The lowest BCUT2D eigenvalue weighted by molar-refractivity contribution is -0.384. The number of amides is 1. The molecule has 2 fully saturated rings. The van der Waals surface area contributed by atoms with Gasteiger partial charge < -0.3 is 10.1 Å². The average Bonchev–Trinajstić information content (AvgIpc) is 3.57. The Balaban J connectivity index is 1.60. The number of non-ortho nitro benzene ring substituents is 1. The molecular weight excluding hydrogens is 460 g/mol. The number of aromatic nitrogens is 1. The number of rotatable bonds is 5. The van der Waals surface area contributed by atoms with E-state index in [1.54, 1.807) is 43.6 Å². The molecule has 0 aliphatic carbocycles. The van der Waals surface area contributed by atoms with Crippen LogP contribution in [0.25, 0.3) is 0 Å². The number of nitrogens with zero attached hydrogens (tertiary/aromatic N) is 3. The van der Waals surface area contributed by atoms with Gasteiger partial charge in [-0.3, -0.25) is 29.6 Å². The second-order valence-corrected chi connectivity index (χ2v) is 9.49. The minimum Gasteiger partial charge on any atom is -0.497 e. The van der Waals surface area contributed by atoms with Crippen molar-refractivity contribution in [1.29, 1.82) is 0 Å². The lowest BCUT2D eigenvalue weighted by Crippen LogP contribution is -2.52. The number of carbonyl (C=O) groups excluding carboxylic acids is 2. The van der Waals surface area contributed by atoms with Crippen LogP contribution in [0.3, 0.4) is 0 Å². The van der Waals surface area contributed by atoms with Crippen molar-refractivity contribution in [3.8, 4) is 5.75 Å². The molecule has 1 spiro atoms. The number of ketones is 1. The maximum absolute atomic E-state index is 14.3. The van der Waals surface area contributed by atoms with Crippen LogP contribution in [0.5, 0.6) is 5.75 Å². The molecule has 9 nitrogen and oxygen atoms in total. The summed E-state index contributed by atoms with van der Waals surface area (Å²) in [6.07, 6.45) is 4.84. The number of carbonyl (C=O) groups is 2. The zero-order chi connectivity index (χ0) is 25.0. The number of fused-ring (bicyclic) bond motifs is 4. The highest BCUT2D eigenvalue weighted by atomic mass is 16.6. The average molecular weight is 485 g/mol. The van der Waals surface area contributed by atoms with E-state index in [1.807, 2.05) is 12.1 Å². The second kappa shape index (κ2) is 8.23. The fourth-order valence-corrected chi connectivity index (χ4v) is 6.55. The highest BCUT2D eigenvalue weighted by Gasteiger charge is 2.69. The lowest BCUT2D eigenvalue weighted by Gasteiger charge is -2.37. The summed E-state index contributed by atoms with van der Waals surface area (Å²) in [6, 6.07) is 15.2. The number of methoxy groups -OCH3 is 1. The molecule has 3 aromatic rings. The zero-order valence-electron chi connectivity index (χ0n) is 19.6. The van der Waals surface area contributed by atoms with Gasteiger partial charge in [0.05, 0.1) is 18.0 Å². The molecule has 4 atom stereocenters. The third kappa shape index (κ3) is 3.02. The number of Topliss-reactive ketones (excluding diaryl/α,β-unsaturated/α-hetero) is 1. The van der Waals surface area contributed by atoms with E-state index < -0.39 is 16.4 Å². The van der Waals surface area contributed by atoms with Gasteiger partial charge in [0.15, 0.2) is 5.78 Å². The molecule has 6 rings (SSSR count). The van der Waals surface area contributed by atoms with Gasteiger partial charge in [-0.1, -0.05) is 12.1 Å². The molecule has 2 aromatic carbocycles. The molecule has 9 heteroatoms. The van der Waals surface area contributed by atoms with Crippen molar-refractivity contribution < 1.29 is 19.2 Å². The number of nitro groups is 1. The van der Waals surface area contributed by atoms with Crippen molar-refractivity contribution in [3.05, 3.63) is 93.8 Å². The Morgan fingerprint density at radius 3 is 2.72 bits per heavy atom. The van der Waals surface area contributed by atoms with Gasteiger partial charge in [0.25, 0.3) is 5.69 Å². The molecule has 1 N–H and O–H groups in total. The molecular formula is C27H24N4O5. The molecule has 4 heterocycles. The summed E-state index contributed by atoms with van der Waals surface area (Å²) >= 11 is 0. The third-order valence-electron chi connectivity index (χ3n) is 7.93. The summed E-state index contributed by atoms with van der Waals surface area (Å²) in [5, 5.41) is 14.3. The third-order valence-corrected chi connectivity index (χ3v) is 7.93. The van der Waals surface area contributed by atoms with E-state index in [2.05, 4.69) is 15.2 Å². The monoisotopic (exact) mass is 484 g/mol. The molecule has 3 aliphatic heterocycles. The van der Waals surface area contributed by atoms with Gasteiger partial charge in [0.1, 0.15) is 11.3 Å². The minimum absolute atomic E-state index is 0.0152. The number of pyridine rings is 1. The number of hydrogen-bond donors (Lipinski definition) is 1. The fourth-order valence-electron chi connectivity index (χ4n) is 6.55. The highest BCUT2D eigenvalue weighted by Crippen LogP contribution is 2.61. The van der Waals surface area contributed by atoms with E-state index in [0.29, 0.717) is 23.5 Å². The van der Waals surface area contributed by atoms with Crippen LogP contribution < -0.4 is 10.1 Å². The second-order valence-electron chi connectivity index (χ2n) is 9.49. The molecule has 0 bridgehead atoms. The van der Waals surface area contributed by atoms with Crippen LogP contribution in [0, 0.1) is 16.0 Å². The molecule has 36 heavy (non-hydrogen) atoms. The van der Waals surface area contributed by atoms with Crippen LogP contribution >= 0.6 is 0 Å². The van der Waals surface area contributed by atoms with Gasteiger partial charge >= 0.3 is 0 Å². The summed E-state index contributed by atoms with van der Waals surface area (Å²) in [4.78, 5) is 45.5. The van der Waals surface area contributed by atoms with E-state index >= 15 is 0 Å². The van der Waals surface area contributed by atoms with Gasteiger partial charge in [-0.2, -0.15) is 0 Å². The zero-order valence-corrected chi connectivity index (χ0v) is 19.6. The quantitative estimate of drug-likeness (QED) is 0.332. The summed E-state index contributed by atoms with van der Waals surface area (Å²) in [5.41, 5.74) is 1.38. The largest absolute Gasteiger partial charge is 0.497 e. The Kier molecular flexibility index (Phi) is 5.11. The Morgan fingerprint density at radius 1 is 1.22 bits per heavy atom. The lowest BCUT2D eigenvalue weighted by atomic mass is 9.69. The van der Waals surface area contributed by atoms with Crippen molar-refractivity contribution in [2.75, 3.05) is 19.0 Å². The van der Waals surface area contributed by atoms with Gasteiger partial charge in [-0.05, 0) is 55.3 Å². The number of hydrogen-bond acceptors (Lipinski definition) is 7. The molecule has 2 saturated heterocycles. The molecule has 0 radical (unpaired) electrons. The number of nitrogens with one attached hydrogen (secondary N) is 1. The number of ether oxygens (including phenoxy) is 1. The van der Waals surface area contributed by atoms with Crippen molar-refractivity contribution >= 4 is 23.1 Å². The normalized spacial score (nSPS) is 26.5. The maximum atomic E-state index is 14.3. The van der Waals surface area contributed by atoms with E-state index in [-0.39, 0.29) is 29.3 Å². The predicted molar refractivity (Wildman–Crippen MR) is 131 cm³/mol. The van der Waals surface area contributed by atoms with Crippen LogP contribution in [-0.4, -0.2) is 46.2 Å². The molecule has 0 saturated carbocycles. The molecule has 1 amide bonds. The summed E-state index contributed by atoms with van der Waals surface area (Å²) in [5.74, 6) is -0.909. The van der Waals surface area contributed by atoms with Crippen LogP contribution in [0.1, 0.15) is 40.2 Å². The van der Waals surface area contributed by atoms with E-state index in [1.165, 1.54) is 18.3 Å². The van der Waals surface area contributed by atoms with Gasteiger partial charge in [0, 0.05) is 53.3 Å². The van der Waals surface area contributed by atoms with Gasteiger partial charge in [0.2, 0.25) is 5.91 Å². The van der Waals surface area contributed by atoms with Crippen LogP contribution in [-0.2, 0) is 10.3 Å². The number of anilines is 1. The smallest absolute Gasteiger partial charge is 0.269 e. The molecule has 182 valence electrons. The first-order valence-corrected chi connectivity index (χ1v) is 11.9. The van der Waals surface area contributed by atoms with Crippen molar-refractivity contribution in [3.63, 3.8) is 0 Å². The van der Waals surface area contributed by atoms with Gasteiger partial charge in [-0.25, -0.2) is 0 Å². The van der Waals surface area contributed by atoms with E-state index in [9.17, 15) is 19.7 Å². The summed E-state index contributed by atoms with van der Waals surface area (Å²) in [6.45, 7) is 0.662. The fraction of sp³-hybridized carbons (Fsp3) is 0.296. The Labute approximate surface area is 207 Å². The topological polar surface area (TPSA) is 115 Å². The van der Waals surface area contributed by atoms with E-state index in [4.69, 9.17) is 4.74 Å². The number of benzene rings is 2. The van der Waals surface area contributed by atoms with Crippen molar-refractivity contribution in [2.45, 2.75) is 30.3 Å². The summed E-state index contributed by atoms with van der Waals surface area (Å²) < 4.78 is 5.50. The molecule has 1 aromatic heterocycles. The van der Waals surface area contributed by atoms with Crippen LogP contribution in [0.15, 0.2) is 67.0 Å². The van der Waals surface area contributed by atoms with E-state index in [0.717, 1.165) is 24.0 Å². The summed E-state index contributed by atoms with van der Waals surface area (Å²) in [7, 11) is 1.57. The maximum Gasteiger partial charge on any atom is 0.269 e. The molecule has 3 aliphatic rings. The van der Waals surface area contributed by atoms with Crippen LogP contribution in [0.2, 0.25) is 0 Å². The Morgan fingerprint density at radius 2 is 2.03 bits per heavy atom. The first kappa shape index (κ1) is 22.4. The first-order chi connectivity index (χ1) is 17.5. The van der Waals surface area contributed by atoms with Gasteiger partial charge in [-0.15, -0.1) is 0 Å². The standard InChI is InChI=1S/C27H24N4O5/c1-36-19-10-11-21-20(14-19)27(26(33)29-21)24(25(32)17-4-2-12-28-15-17)23(22-5-3-13-30(22)27)16-6-8-18(9-7-16)31(34)35/h2,4,6-12,14-15,22-24H,3,5,13H2,1H3,(H,29,33)/t22-,23-,24-,27-/m0/s1. The molecule has 0 unspecified atom stereocenters. The highest BCUT2D eigenvalue weighted by molar-refractivity contribution is 6.12. The van der Waals surface area contributed by atoms with Crippen LogP contribution in [0.4, 0.5) is 11.4 Å². The number of nitro benzene ring substituents is 1. The minimum atomic E-state index is -1.23. The van der Waals surface area contributed by atoms with Crippen molar-refractivity contribution in [1.82, 2.24) is 9.88 Å². The Hall–Kier alpha value is -4.11. The first-order valence-electron chi connectivity index (χ1n) is 11.9. The van der Waals surface area contributed by atoms with Crippen molar-refractivity contribution in [2.24, 2.45) is 5.92 Å². The SMILES string of the molecule is COc1ccc2c(c1)[C@@]1(C(=O)N2)[C@H](C(=O)c2cccnc2)[C@@H](c2ccc([N+](=O)[O-])cc2)[C@@H]2CCCN21.